The van der Waals surface area contributed by atoms with E-state index in [9.17, 15) is 4.79 Å². The number of hydrogen-bond acceptors (Lipinski definition) is 5. The number of nitrogens with zero attached hydrogens (tertiary/aromatic N) is 2. The molecule has 7 nitrogen and oxygen atoms in total. The molecule has 1 heterocycles. The van der Waals surface area contributed by atoms with Gasteiger partial charge in [-0.3, -0.25) is 0 Å². The van der Waals surface area contributed by atoms with Gasteiger partial charge in [0.2, 0.25) is 0 Å². The predicted molar refractivity (Wildman–Crippen MR) is 131 cm³/mol. The summed E-state index contributed by atoms with van der Waals surface area (Å²) in [5.41, 5.74) is 10.1. The third kappa shape index (κ3) is 5.27. The molecule has 1 aromatic heterocycles. The molecular formula is C25H23ClN4O3. The minimum absolute atomic E-state index is 0.278. The SMILES string of the molecule is CN(Cc1ccc(Oc2ccc(CNc3c(N)c(Cl)nc4ccccc34)cc2)cc1)C(=O)O. The predicted octanol–water partition coefficient (Wildman–Crippen LogP) is 5.98. The number of benzene rings is 3. The lowest BCUT2D eigenvalue weighted by Gasteiger charge is -2.14. The summed E-state index contributed by atoms with van der Waals surface area (Å²) < 4.78 is 5.90. The molecule has 0 fully saturated rings. The number of hydrogen-bond donors (Lipinski definition) is 3. The Morgan fingerprint density at radius 2 is 1.64 bits per heavy atom. The van der Waals surface area contributed by atoms with Gasteiger partial charge in [0.1, 0.15) is 11.5 Å². The fraction of sp³-hybridized carbons (Fsp3) is 0.120. The second-order valence-electron chi connectivity index (χ2n) is 7.59. The Labute approximate surface area is 196 Å². The highest BCUT2D eigenvalue weighted by Crippen LogP contribution is 2.33. The number of anilines is 2. The molecule has 0 spiro atoms. The average Bonchev–Trinajstić information content (AvgIpc) is 2.81. The molecule has 0 atom stereocenters. The van der Waals surface area contributed by atoms with Gasteiger partial charge in [0.05, 0.1) is 16.9 Å². The van der Waals surface area contributed by atoms with E-state index in [0.717, 1.165) is 27.7 Å². The maximum atomic E-state index is 10.9. The fourth-order valence-corrected chi connectivity index (χ4v) is 3.58. The molecule has 0 aliphatic rings. The molecule has 4 aromatic rings. The van der Waals surface area contributed by atoms with Crippen molar-refractivity contribution in [2.75, 3.05) is 18.1 Å². The third-order valence-corrected chi connectivity index (χ3v) is 5.47. The zero-order valence-electron chi connectivity index (χ0n) is 18.0. The first-order valence-corrected chi connectivity index (χ1v) is 10.7. The molecule has 0 bridgehead atoms. The molecule has 0 aliphatic carbocycles. The highest BCUT2D eigenvalue weighted by Gasteiger charge is 2.11. The molecule has 33 heavy (non-hydrogen) atoms. The Hall–Kier alpha value is -3.97. The minimum atomic E-state index is -0.965. The summed E-state index contributed by atoms with van der Waals surface area (Å²) in [4.78, 5) is 16.5. The number of pyridine rings is 1. The van der Waals surface area contributed by atoms with E-state index in [-0.39, 0.29) is 5.15 Å². The molecule has 0 aliphatic heterocycles. The first-order valence-electron chi connectivity index (χ1n) is 10.3. The van der Waals surface area contributed by atoms with E-state index < -0.39 is 6.09 Å². The highest BCUT2D eigenvalue weighted by atomic mass is 35.5. The molecule has 0 radical (unpaired) electrons. The lowest BCUT2D eigenvalue weighted by atomic mass is 10.1. The Morgan fingerprint density at radius 3 is 2.27 bits per heavy atom. The topological polar surface area (TPSA) is 101 Å². The van der Waals surface area contributed by atoms with Crippen LogP contribution in [0.2, 0.25) is 5.15 Å². The smallest absolute Gasteiger partial charge is 0.407 e. The number of ether oxygens (including phenoxy) is 1. The van der Waals surface area contributed by atoms with Crippen LogP contribution in [0.1, 0.15) is 11.1 Å². The van der Waals surface area contributed by atoms with Gasteiger partial charge in [-0.05, 0) is 41.5 Å². The van der Waals surface area contributed by atoms with Crippen LogP contribution in [0.4, 0.5) is 16.2 Å². The molecule has 4 rings (SSSR count). The zero-order chi connectivity index (χ0) is 23.4. The number of carboxylic acid groups (broad SMARTS) is 1. The van der Waals surface area contributed by atoms with Crippen LogP contribution in [-0.4, -0.2) is 28.1 Å². The minimum Gasteiger partial charge on any atom is -0.465 e. The number of nitrogens with two attached hydrogens (primary N) is 1. The van der Waals surface area contributed by atoms with E-state index in [0.29, 0.717) is 30.3 Å². The van der Waals surface area contributed by atoms with Crippen molar-refractivity contribution >= 4 is 40.0 Å². The third-order valence-electron chi connectivity index (χ3n) is 5.18. The van der Waals surface area contributed by atoms with Gasteiger partial charge in [0, 0.05) is 25.5 Å². The van der Waals surface area contributed by atoms with Crippen LogP contribution in [-0.2, 0) is 13.1 Å². The molecule has 8 heteroatoms. The molecule has 0 saturated heterocycles. The number of fused-ring (bicyclic) bond motifs is 1. The quantitative estimate of drug-likeness (QED) is 0.292. The largest absolute Gasteiger partial charge is 0.465 e. The summed E-state index contributed by atoms with van der Waals surface area (Å²) in [6.07, 6.45) is -0.965. The number of nitrogens with one attached hydrogen (secondary N) is 1. The number of rotatable bonds is 7. The number of aromatic nitrogens is 1. The van der Waals surface area contributed by atoms with Crippen molar-refractivity contribution in [2.24, 2.45) is 0 Å². The van der Waals surface area contributed by atoms with Gasteiger partial charge < -0.3 is 25.8 Å². The van der Waals surface area contributed by atoms with Crippen molar-refractivity contribution in [1.82, 2.24) is 9.88 Å². The van der Waals surface area contributed by atoms with E-state index in [2.05, 4.69) is 10.3 Å². The van der Waals surface area contributed by atoms with Crippen molar-refractivity contribution in [1.29, 1.82) is 0 Å². The van der Waals surface area contributed by atoms with E-state index in [1.54, 1.807) is 0 Å². The van der Waals surface area contributed by atoms with Crippen molar-refractivity contribution in [2.45, 2.75) is 13.1 Å². The lowest BCUT2D eigenvalue weighted by Crippen LogP contribution is -2.23. The molecule has 1 amide bonds. The summed E-state index contributed by atoms with van der Waals surface area (Å²) in [5, 5.41) is 13.5. The first kappa shape index (κ1) is 22.2. The second-order valence-corrected chi connectivity index (χ2v) is 7.95. The van der Waals surface area contributed by atoms with Gasteiger partial charge in [-0.1, -0.05) is 54.1 Å². The maximum Gasteiger partial charge on any atom is 0.407 e. The van der Waals surface area contributed by atoms with Gasteiger partial charge >= 0.3 is 6.09 Å². The van der Waals surface area contributed by atoms with Crippen molar-refractivity contribution in [3.05, 3.63) is 89.1 Å². The van der Waals surface area contributed by atoms with Crippen LogP contribution in [0.5, 0.6) is 11.5 Å². The number of nitrogen functional groups attached to an aromatic ring is 1. The molecule has 168 valence electrons. The van der Waals surface area contributed by atoms with Gasteiger partial charge in [-0.15, -0.1) is 0 Å². The van der Waals surface area contributed by atoms with Crippen LogP contribution >= 0.6 is 11.6 Å². The van der Waals surface area contributed by atoms with Gasteiger partial charge in [-0.25, -0.2) is 9.78 Å². The van der Waals surface area contributed by atoms with Gasteiger partial charge in [0.25, 0.3) is 0 Å². The average molecular weight is 463 g/mol. The van der Waals surface area contributed by atoms with E-state index in [4.69, 9.17) is 27.2 Å². The summed E-state index contributed by atoms with van der Waals surface area (Å²) in [7, 11) is 1.53. The van der Waals surface area contributed by atoms with Crippen LogP contribution < -0.4 is 15.8 Å². The number of para-hydroxylation sites is 1. The summed E-state index contributed by atoms with van der Waals surface area (Å²) in [5.74, 6) is 1.37. The number of amides is 1. The van der Waals surface area contributed by atoms with Gasteiger partial charge in [-0.2, -0.15) is 0 Å². The van der Waals surface area contributed by atoms with Crippen molar-refractivity contribution < 1.29 is 14.6 Å². The van der Waals surface area contributed by atoms with Gasteiger partial charge in [0.15, 0.2) is 5.15 Å². The molecular weight excluding hydrogens is 440 g/mol. The zero-order valence-corrected chi connectivity index (χ0v) is 18.7. The molecule has 4 N–H and O–H groups in total. The summed E-state index contributed by atoms with van der Waals surface area (Å²) in [6.45, 7) is 0.875. The van der Waals surface area contributed by atoms with Crippen LogP contribution in [0.25, 0.3) is 10.9 Å². The Morgan fingerprint density at radius 1 is 1.03 bits per heavy atom. The van der Waals surface area contributed by atoms with E-state index in [1.807, 2.05) is 72.8 Å². The van der Waals surface area contributed by atoms with Crippen LogP contribution in [0, 0.1) is 0 Å². The monoisotopic (exact) mass is 462 g/mol. The Bertz CT molecular complexity index is 1280. The molecule has 0 unspecified atom stereocenters. The second kappa shape index (κ2) is 9.67. The molecule has 0 saturated carbocycles. The number of halogens is 1. The lowest BCUT2D eigenvalue weighted by molar-refractivity contribution is 0.154. The van der Waals surface area contributed by atoms with Crippen molar-refractivity contribution in [3.63, 3.8) is 0 Å². The highest BCUT2D eigenvalue weighted by molar-refractivity contribution is 6.33. The maximum absolute atomic E-state index is 10.9. The standard InChI is InChI=1S/C25H23ClN4O3/c1-30(25(31)32)15-17-8-12-19(13-9-17)33-18-10-6-16(7-11-18)14-28-23-20-4-2-3-5-21(20)29-24(26)22(23)27/h2-13H,14-15,27H2,1H3,(H,28,29)(H,31,32). The number of carbonyl (C=O) groups is 1. The van der Waals surface area contributed by atoms with Crippen LogP contribution in [0.3, 0.4) is 0 Å². The Kier molecular flexibility index (Phi) is 6.51. The van der Waals surface area contributed by atoms with E-state index in [1.165, 1.54) is 11.9 Å². The van der Waals surface area contributed by atoms with Crippen LogP contribution in [0.15, 0.2) is 72.8 Å². The first-order chi connectivity index (χ1) is 15.9. The summed E-state index contributed by atoms with van der Waals surface area (Å²) >= 11 is 6.20. The van der Waals surface area contributed by atoms with Crippen molar-refractivity contribution in [3.8, 4) is 11.5 Å². The molecule has 3 aromatic carbocycles. The Balaban J connectivity index is 1.40. The summed E-state index contributed by atoms with van der Waals surface area (Å²) in [6, 6.07) is 22.8. The normalized spacial score (nSPS) is 10.7. The van der Waals surface area contributed by atoms with E-state index >= 15 is 0 Å². The fourth-order valence-electron chi connectivity index (χ4n) is 3.39.